The molecule has 8 rings (SSSR count). The summed E-state index contributed by atoms with van der Waals surface area (Å²) in [4.78, 5) is 52.3. The first-order valence-corrected chi connectivity index (χ1v) is 25.2. The first-order chi connectivity index (χ1) is 33.1. The molecular formula is C46H51F3N7O12PS. The number of hydrogen-bond donors (Lipinski definition) is 4. The van der Waals surface area contributed by atoms with E-state index in [1.807, 2.05) is 4.72 Å². The second-order valence-electron chi connectivity index (χ2n) is 18.0. The molecule has 1 atom stereocenters. The molecule has 4 N–H and O–H groups in total. The van der Waals surface area contributed by atoms with Crippen LogP contribution in [0.5, 0.6) is 11.5 Å². The number of hydrogen-bond acceptors (Lipinski definition) is 14. The normalized spacial score (nSPS) is 18.2. The Kier molecular flexibility index (Phi) is 14.7. The molecule has 0 aromatic heterocycles. The fraction of sp³-hybridized carbons (Fsp3) is 0.391. The number of phosphoric ester groups is 1. The van der Waals surface area contributed by atoms with E-state index in [4.69, 9.17) is 18.7 Å². The van der Waals surface area contributed by atoms with E-state index >= 15 is 0 Å². The maximum absolute atomic E-state index is 14.1. The third kappa shape index (κ3) is 12.3. The van der Waals surface area contributed by atoms with Gasteiger partial charge in [0.25, 0.3) is 21.6 Å². The highest BCUT2D eigenvalue weighted by Crippen LogP contribution is 2.44. The molecule has 0 saturated carbocycles. The Labute approximate surface area is 401 Å². The van der Waals surface area contributed by atoms with Gasteiger partial charge in [0.1, 0.15) is 29.7 Å². The SMILES string of the molecule is CC1(C)CCC(CN2CCN(c3ccc(C(=O)NS(=O)(=O)c4ccc(NC[C@@H]5COCCO5)c([N+](=O)[O-])c4)c(Oc4cc5ccnc-5n(COP(=O)(O)O)c4)c3)CC2)=C(c2ccc(C(F)(F)F)cc2)C1. The van der Waals surface area contributed by atoms with Crippen molar-refractivity contribution in [3.8, 4) is 22.9 Å². The van der Waals surface area contributed by atoms with E-state index in [9.17, 15) is 50.8 Å². The third-order valence-corrected chi connectivity index (χ3v) is 14.2. The molecule has 24 heteroatoms. The van der Waals surface area contributed by atoms with Crippen molar-refractivity contribution in [3.63, 3.8) is 0 Å². The smallest absolute Gasteiger partial charge is 0.455 e. The highest BCUT2D eigenvalue weighted by atomic mass is 32.2. The number of amides is 1. The van der Waals surface area contributed by atoms with E-state index in [-0.39, 0.29) is 47.4 Å². The van der Waals surface area contributed by atoms with Crippen molar-refractivity contribution in [1.82, 2.24) is 19.2 Å². The van der Waals surface area contributed by atoms with Gasteiger partial charge < -0.3 is 38.8 Å². The lowest BCUT2D eigenvalue weighted by atomic mass is 9.72. The molecule has 2 fully saturated rings. The maximum atomic E-state index is 14.1. The van der Waals surface area contributed by atoms with Crippen LogP contribution in [-0.2, 0) is 41.5 Å². The predicted molar refractivity (Wildman–Crippen MR) is 250 cm³/mol. The lowest BCUT2D eigenvalue weighted by Crippen LogP contribution is -2.47. The summed E-state index contributed by atoms with van der Waals surface area (Å²) < 4.78 is 105. The van der Waals surface area contributed by atoms with Gasteiger partial charge in [-0.25, -0.2) is 22.7 Å². The Bertz CT molecular complexity index is 2900. The number of nitrogens with one attached hydrogen (secondary N) is 2. The van der Waals surface area contributed by atoms with Crippen LogP contribution in [-0.4, -0.2) is 109 Å². The number of piperazine rings is 1. The largest absolute Gasteiger partial charge is 0.471 e. The van der Waals surface area contributed by atoms with Gasteiger partial charge in [-0.15, -0.1) is 0 Å². The van der Waals surface area contributed by atoms with Crippen LogP contribution in [0.2, 0.25) is 0 Å². The van der Waals surface area contributed by atoms with Gasteiger partial charge in [0.2, 0.25) is 0 Å². The zero-order valence-electron chi connectivity index (χ0n) is 38.1. The number of nitro groups is 1. The number of aromatic nitrogens is 2. The van der Waals surface area contributed by atoms with Crippen LogP contribution < -0.4 is 19.7 Å². The van der Waals surface area contributed by atoms with Gasteiger partial charge in [-0.1, -0.05) is 31.6 Å². The van der Waals surface area contributed by atoms with Crippen molar-refractivity contribution in [2.45, 2.75) is 57.0 Å². The molecule has 0 bridgehead atoms. The number of sulfonamides is 1. The predicted octanol–water partition coefficient (Wildman–Crippen LogP) is 7.51. The minimum Gasteiger partial charge on any atom is -0.455 e. The van der Waals surface area contributed by atoms with E-state index in [1.165, 1.54) is 34.7 Å². The van der Waals surface area contributed by atoms with E-state index in [2.05, 4.69) is 33.9 Å². The lowest BCUT2D eigenvalue weighted by molar-refractivity contribution is -0.384. The summed E-state index contributed by atoms with van der Waals surface area (Å²) >= 11 is 0. The first kappa shape index (κ1) is 50.5. The summed E-state index contributed by atoms with van der Waals surface area (Å²) in [5.74, 6) is -0.885. The number of anilines is 2. The molecule has 70 heavy (non-hydrogen) atoms. The molecule has 19 nitrogen and oxygen atoms in total. The molecule has 4 aliphatic heterocycles. The molecule has 0 radical (unpaired) electrons. The first-order valence-electron chi connectivity index (χ1n) is 22.2. The zero-order valence-corrected chi connectivity index (χ0v) is 39.8. The molecule has 3 aromatic carbocycles. The molecule has 0 unspecified atom stereocenters. The van der Waals surface area contributed by atoms with Crippen LogP contribution in [0.15, 0.2) is 95.7 Å². The summed E-state index contributed by atoms with van der Waals surface area (Å²) in [6.07, 6.45) is 0.429. The van der Waals surface area contributed by atoms with Gasteiger partial charge in [0, 0.05) is 68.8 Å². The lowest BCUT2D eigenvalue weighted by Gasteiger charge is -2.39. The number of carbonyl (C=O) groups is 1. The van der Waals surface area contributed by atoms with Crippen LogP contribution in [0, 0.1) is 15.5 Å². The number of nitrogens with zero attached hydrogens (tertiary/aromatic N) is 5. The molecule has 1 aliphatic carbocycles. The Hall–Kier alpha value is -5.91. The van der Waals surface area contributed by atoms with Crippen molar-refractivity contribution in [1.29, 1.82) is 0 Å². The Balaban J connectivity index is 1.04. The molecule has 3 aromatic rings. The average molecular weight is 1010 g/mol. The number of fused-ring (bicyclic) bond motifs is 1. The summed E-state index contributed by atoms with van der Waals surface area (Å²) in [7, 11) is -9.66. The van der Waals surface area contributed by atoms with E-state index in [0.29, 0.717) is 63.0 Å². The molecule has 1 amide bonds. The third-order valence-electron chi connectivity index (χ3n) is 12.4. The van der Waals surface area contributed by atoms with Crippen LogP contribution in [0.25, 0.3) is 17.0 Å². The monoisotopic (exact) mass is 1010 g/mol. The minimum atomic E-state index is -4.92. The van der Waals surface area contributed by atoms with Crippen molar-refractivity contribution in [3.05, 3.63) is 118 Å². The van der Waals surface area contributed by atoms with Gasteiger partial charge in [0.05, 0.1) is 53.1 Å². The number of carbonyl (C=O) groups excluding carboxylic acids is 1. The number of rotatable bonds is 16. The van der Waals surface area contributed by atoms with Crippen LogP contribution in [0.3, 0.4) is 0 Å². The number of pyridine rings is 1. The van der Waals surface area contributed by atoms with E-state index in [1.54, 1.807) is 36.4 Å². The number of alkyl halides is 3. The topological polar surface area (TPSA) is 237 Å². The van der Waals surface area contributed by atoms with Gasteiger partial charge in [-0.05, 0) is 84.3 Å². The number of allylic oxidation sites excluding steroid dienone is 1. The summed E-state index contributed by atoms with van der Waals surface area (Å²) in [5, 5.41) is 15.0. The van der Waals surface area contributed by atoms with Gasteiger partial charge in [-0.3, -0.25) is 24.3 Å². The summed E-state index contributed by atoms with van der Waals surface area (Å²) in [6.45, 7) is 7.75. The van der Waals surface area contributed by atoms with Crippen molar-refractivity contribution in [2.24, 2.45) is 5.41 Å². The highest BCUT2D eigenvalue weighted by Gasteiger charge is 2.33. The fourth-order valence-corrected chi connectivity index (χ4v) is 9.95. The number of benzene rings is 3. The molecule has 5 aliphatic rings. The van der Waals surface area contributed by atoms with E-state index in [0.717, 1.165) is 54.7 Å². The van der Waals surface area contributed by atoms with Gasteiger partial charge in [0.15, 0.2) is 0 Å². The molecular weight excluding hydrogens is 963 g/mol. The van der Waals surface area contributed by atoms with Crippen molar-refractivity contribution in [2.75, 3.05) is 69.3 Å². The molecule has 374 valence electrons. The average Bonchev–Trinajstić information content (AvgIpc) is 3.79. The Morgan fingerprint density at radius 1 is 1.01 bits per heavy atom. The minimum absolute atomic E-state index is 0.0232. The number of phosphoric acid groups is 1. The quantitative estimate of drug-likeness (QED) is 0.0425. The number of nitro benzene ring substituents is 1. The van der Waals surface area contributed by atoms with Crippen LogP contribution >= 0.6 is 7.82 Å². The Morgan fingerprint density at radius 3 is 2.46 bits per heavy atom. The molecule has 2 saturated heterocycles. The second-order valence-corrected chi connectivity index (χ2v) is 20.9. The number of halogens is 3. The molecule has 0 spiro atoms. The Morgan fingerprint density at radius 2 is 1.77 bits per heavy atom. The number of ether oxygens (including phenoxy) is 3. The van der Waals surface area contributed by atoms with Crippen molar-refractivity contribution >= 4 is 46.4 Å². The van der Waals surface area contributed by atoms with Crippen LogP contribution in [0.1, 0.15) is 54.6 Å². The summed E-state index contributed by atoms with van der Waals surface area (Å²) in [6, 6.07) is 16.3. The van der Waals surface area contributed by atoms with Gasteiger partial charge >= 0.3 is 14.0 Å². The zero-order chi connectivity index (χ0) is 50.0. The van der Waals surface area contributed by atoms with Crippen molar-refractivity contribution < 1.29 is 64.4 Å². The fourth-order valence-electron chi connectivity index (χ4n) is 8.69. The molecule has 4 heterocycles. The van der Waals surface area contributed by atoms with Crippen LogP contribution in [0.4, 0.5) is 30.2 Å². The highest BCUT2D eigenvalue weighted by molar-refractivity contribution is 7.90. The summed E-state index contributed by atoms with van der Waals surface area (Å²) in [5.41, 5.74) is 2.58. The standard InChI is InChI=1S/C46H51F3N7O12PS/c1-45(2)13-11-32(39(24-45)30-3-5-33(6-4-30)46(47,48)49)26-53-15-17-54(18-16-53)34-7-9-38(42(22-34)68-35-21-31-12-14-50-43(31)55(27-35)29-67-69(60,61)62)44(57)52-70(63,64)37-8-10-40(41(23-37)56(58)59)51-25-36-28-65-19-20-66-36/h3-10,12,14,21-23,27,36,51H,11,13,15-20,24-26,28-29H2,1-2H3,(H,52,57)(H2,60,61,62)/t36-/m1/s1. The van der Waals surface area contributed by atoms with Gasteiger partial charge in [-0.2, -0.15) is 13.2 Å². The second kappa shape index (κ2) is 20.4. The maximum Gasteiger partial charge on any atom is 0.471 e. The van der Waals surface area contributed by atoms with E-state index < -0.39 is 57.7 Å².